The van der Waals surface area contributed by atoms with Crippen LogP contribution in [0.4, 0.5) is 0 Å². The Bertz CT molecular complexity index is 97.3. The predicted octanol–water partition coefficient (Wildman–Crippen LogP) is -6.36. The fourth-order valence-corrected chi connectivity index (χ4v) is 0.303. The van der Waals surface area contributed by atoms with Crippen molar-refractivity contribution in [2.75, 3.05) is 13.1 Å². The summed E-state index contributed by atoms with van der Waals surface area (Å²) in [5, 5.41) is 28.2. The number of rotatable bonds is 4. The molecule has 0 heterocycles. The van der Waals surface area contributed by atoms with Crippen LogP contribution in [0.3, 0.4) is 0 Å². The number of aliphatic hydroxyl groups excluding tert-OH is 1. The quantitative estimate of drug-likeness (QED) is 0.290. The van der Waals surface area contributed by atoms with Crippen molar-refractivity contribution in [1.29, 1.82) is 0 Å². The minimum Gasteiger partial charge on any atom is -0.549 e. The van der Waals surface area contributed by atoms with Gasteiger partial charge in [-0.3, -0.25) is 0 Å². The van der Waals surface area contributed by atoms with E-state index in [1.165, 1.54) is 0 Å². The maximum absolute atomic E-state index is 9.64. The Morgan fingerprint density at radius 3 is 2.40 bits per heavy atom. The molecule has 54 valence electrons. The average molecular weight is 173 g/mol. The molecule has 0 aliphatic rings. The van der Waals surface area contributed by atoms with Crippen molar-refractivity contribution in [1.82, 2.24) is 5.32 Å². The topological polar surface area (TPSA) is 92.6 Å². The summed E-state index contributed by atoms with van der Waals surface area (Å²) in [5.74, 6) is -1.27. The third-order valence-electron chi connectivity index (χ3n) is 0.596. The maximum atomic E-state index is 9.64. The molecule has 0 aromatic heterocycles. The summed E-state index contributed by atoms with van der Waals surface area (Å²) in [6, 6.07) is 0. The molecule has 5 nitrogen and oxygen atoms in total. The SMILES string of the molecule is O=C([O-])CNCC(O)O.[K+]. The molecule has 0 aromatic rings. The largest absolute Gasteiger partial charge is 1.00 e. The average Bonchev–Trinajstić information content (AvgIpc) is 1.63. The first-order chi connectivity index (χ1) is 4.13. The van der Waals surface area contributed by atoms with Gasteiger partial charge in [-0.15, -0.1) is 0 Å². The molecule has 0 aliphatic heterocycles. The van der Waals surface area contributed by atoms with Crippen molar-refractivity contribution in [2.24, 2.45) is 0 Å². The molecule has 0 rings (SSSR count). The van der Waals surface area contributed by atoms with Crippen LogP contribution in [0.2, 0.25) is 0 Å². The molecule has 0 aromatic carbocycles. The van der Waals surface area contributed by atoms with Crippen LogP contribution in [0.25, 0.3) is 0 Å². The summed E-state index contributed by atoms with van der Waals surface area (Å²) < 4.78 is 0. The van der Waals surface area contributed by atoms with E-state index in [0.29, 0.717) is 0 Å². The number of nitrogens with one attached hydrogen (secondary N) is 1. The summed E-state index contributed by atoms with van der Waals surface area (Å²) in [6.07, 6.45) is -1.51. The van der Waals surface area contributed by atoms with E-state index in [4.69, 9.17) is 10.2 Å². The van der Waals surface area contributed by atoms with Crippen LogP contribution in [0.1, 0.15) is 0 Å². The van der Waals surface area contributed by atoms with Crippen LogP contribution < -0.4 is 61.8 Å². The number of aliphatic hydroxyl groups is 2. The molecular formula is C4H8KNO4. The Morgan fingerprint density at radius 2 is 2.10 bits per heavy atom. The van der Waals surface area contributed by atoms with Crippen molar-refractivity contribution in [3.63, 3.8) is 0 Å². The van der Waals surface area contributed by atoms with Crippen LogP contribution in [-0.2, 0) is 4.79 Å². The molecule has 0 spiro atoms. The zero-order chi connectivity index (χ0) is 7.28. The van der Waals surface area contributed by atoms with Gasteiger partial charge in [-0.25, -0.2) is 0 Å². The Morgan fingerprint density at radius 1 is 1.60 bits per heavy atom. The van der Waals surface area contributed by atoms with Crippen LogP contribution in [0, 0.1) is 0 Å². The van der Waals surface area contributed by atoms with Gasteiger partial charge in [0.1, 0.15) is 0 Å². The van der Waals surface area contributed by atoms with Crippen molar-refractivity contribution >= 4 is 5.97 Å². The van der Waals surface area contributed by atoms with Crippen LogP contribution in [0.5, 0.6) is 0 Å². The molecule has 0 amide bonds. The van der Waals surface area contributed by atoms with Gasteiger partial charge in [0.15, 0.2) is 6.29 Å². The van der Waals surface area contributed by atoms with E-state index in [9.17, 15) is 9.90 Å². The second kappa shape index (κ2) is 8.09. The molecular weight excluding hydrogens is 165 g/mol. The summed E-state index contributed by atoms with van der Waals surface area (Å²) in [5.41, 5.74) is 0. The summed E-state index contributed by atoms with van der Waals surface area (Å²) >= 11 is 0. The van der Waals surface area contributed by atoms with Gasteiger partial charge in [0, 0.05) is 13.1 Å². The monoisotopic (exact) mass is 173 g/mol. The van der Waals surface area contributed by atoms with E-state index in [2.05, 4.69) is 5.32 Å². The summed E-state index contributed by atoms with van der Waals surface area (Å²) in [6.45, 7) is -0.522. The van der Waals surface area contributed by atoms with Crippen LogP contribution in [0.15, 0.2) is 0 Å². The van der Waals surface area contributed by atoms with E-state index in [-0.39, 0.29) is 64.5 Å². The smallest absolute Gasteiger partial charge is 0.549 e. The molecule has 0 fully saturated rings. The zero-order valence-corrected chi connectivity index (χ0v) is 8.83. The molecule has 0 radical (unpaired) electrons. The van der Waals surface area contributed by atoms with Gasteiger partial charge in [0.2, 0.25) is 0 Å². The molecule has 0 saturated carbocycles. The van der Waals surface area contributed by atoms with Gasteiger partial charge in [0.05, 0.1) is 5.97 Å². The van der Waals surface area contributed by atoms with E-state index in [0.717, 1.165) is 0 Å². The fraction of sp³-hybridized carbons (Fsp3) is 0.750. The van der Waals surface area contributed by atoms with Crippen molar-refractivity contribution < 1.29 is 71.5 Å². The Kier molecular flexibility index (Phi) is 11.0. The number of aliphatic carboxylic acids is 1. The van der Waals surface area contributed by atoms with Gasteiger partial charge < -0.3 is 25.4 Å². The number of hydrogen-bond acceptors (Lipinski definition) is 5. The predicted molar refractivity (Wildman–Crippen MR) is 26.1 cm³/mol. The normalized spacial score (nSPS) is 9.10. The number of carbonyl (C=O) groups is 1. The van der Waals surface area contributed by atoms with Gasteiger partial charge in [0.25, 0.3) is 0 Å². The van der Waals surface area contributed by atoms with E-state index in [1.807, 2.05) is 0 Å². The van der Waals surface area contributed by atoms with Crippen LogP contribution >= 0.6 is 0 Å². The molecule has 0 unspecified atom stereocenters. The first-order valence-electron chi connectivity index (χ1n) is 2.39. The minimum atomic E-state index is -1.51. The Labute approximate surface area is 101 Å². The molecule has 10 heavy (non-hydrogen) atoms. The van der Waals surface area contributed by atoms with Crippen molar-refractivity contribution in [3.8, 4) is 0 Å². The molecule has 6 heteroatoms. The Balaban J connectivity index is 0. The third kappa shape index (κ3) is 11.7. The maximum Gasteiger partial charge on any atom is 1.00 e. The number of carbonyl (C=O) groups excluding carboxylic acids is 1. The number of carboxylic acids is 1. The second-order valence-electron chi connectivity index (χ2n) is 1.48. The molecule has 0 aliphatic carbocycles. The van der Waals surface area contributed by atoms with Gasteiger partial charge >= 0.3 is 51.4 Å². The van der Waals surface area contributed by atoms with Gasteiger partial charge in [-0.05, 0) is 0 Å². The van der Waals surface area contributed by atoms with Gasteiger partial charge in [-0.1, -0.05) is 0 Å². The molecule has 3 N–H and O–H groups in total. The fourth-order valence-electron chi connectivity index (χ4n) is 0.303. The second-order valence-corrected chi connectivity index (χ2v) is 1.48. The molecule has 0 bridgehead atoms. The summed E-state index contributed by atoms with van der Waals surface area (Å²) in [4.78, 5) is 9.64. The number of hydrogen-bond donors (Lipinski definition) is 3. The molecule has 0 saturated heterocycles. The van der Waals surface area contributed by atoms with Gasteiger partial charge in [-0.2, -0.15) is 0 Å². The first kappa shape index (κ1) is 13.6. The third-order valence-corrected chi connectivity index (χ3v) is 0.596. The number of carboxylic acid groups (broad SMARTS) is 1. The molecule has 0 atom stereocenters. The van der Waals surface area contributed by atoms with E-state index >= 15 is 0 Å². The van der Waals surface area contributed by atoms with E-state index in [1.54, 1.807) is 0 Å². The van der Waals surface area contributed by atoms with Crippen LogP contribution in [-0.4, -0.2) is 35.6 Å². The minimum absolute atomic E-state index is 0. The van der Waals surface area contributed by atoms with Crippen molar-refractivity contribution in [2.45, 2.75) is 6.29 Å². The van der Waals surface area contributed by atoms with E-state index < -0.39 is 12.3 Å². The Hall–Kier alpha value is 0.986. The standard InChI is InChI=1S/C4H9NO4.K/c6-3(7)1-5-2-4(8)9;/h3,5-7H,1-2H2,(H,8,9);/q;+1/p-1. The first-order valence-corrected chi connectivity index (χ1v) is 2.39. The van der Waals surface area contributed by atoms with Crippen molar-refractivity contribution in [3.05, 3.63) is 0 Å². The zero-order valence-electron chi connectivity index (χ0n) is 5.70. The summed E-state index contributed by atoms with van der Waals surface area (Å²) in [7, 11) is 0.